The number of thiocarbonyl (C=S) groups is 1. The number of benzene rings is 1. The van der Waals surface area contributed by atoms with Gasteiger partial charge in [0.15, 0.2) is 5.13 Å². The third-order valence-electron chi connectivity index (χ3n) is 3.20. The van der Waals surface area contributed by atoms with E-state index in [2.05, 4.69) is 10.3 Å². The fourth-order valence-corrected chi connectivity index (χ4v) is 3.92. The van der Waals surface area contributed by atoms with Crippen LogP contribution in [-0.2, 0) is 4.74 Å². The zero-order valence-electron chi connectivity index (χ0n) is 12.8. The molecule has 0 bridgehead atoms. The van der Waals surface area contributed by atoms with Crippen molar-refractivity contribution >= 4 is 67.7 Å². The number of para-hydroxylation sites is 1. The molecule has 0 spiro atoms. The van der Waals surface area contributed by atoms with Gasteiger partial charge in [0.05, 0.1) is 23.4 Å². The number of methoxy groups -OCH3 is 1. The summed E-state index contributed by atoms with van der Waals surface area (Å²) >= 11 is 8.17. The molecule has 0 saturated carbocycles. The predicted molar refractivity (Wildman–Crippen MR) is 109 cm³/mol. The molecule has 0 aliphatic heterocycles. The molecule has 2 heterocycles. The molecule has 1 aromatic carbocycles. The fraction of sp³-hybridized carbons (Fsp3) is 0.125. The Morgan fingerprint density at radius 3 is 2.79 bits per heavy atom. The van der Waals surface area contributed by atoms with Gasteiger partial charge in [-0.25, -0.2) is 9.37 Å². The number of thiophene rings is 1. The molecule has 0 aliphatic rings. The Hall–Kier alpha value is -1.35. The summed E-state index contributed by atoms with van der Waals surface area (Å²) in [7, 11) is 1.57. The summed E-state index contributed by atoms with van der Waals surface area (Å²) in [5.74, 6) is -0.302. The summed E-state index contributed by atoms with van der Waals surface area (Å²) in [6.07, 6.45) is 0. The monoisotopic (exact) mass is 444 g/mol. The van der Waals surface area contributed by atoms with E-state index in [1.165, 1.54) is 17.4 Å². The number of rotatable bonds is 4. The molecule has 0 atom stereocenters. The van der Waals surface area contributed by atoms with Crippen LogP contribution in [0.25, 0.3) is 11.3 Å². The molecular weight excluding hydrogens is 431 g/mol. The molecule has 1 N–H and O–H groups in total. The standard InChI is InChI=1S/C16H13FN2OS3.BrH/c1-9-10(7-14(23-9)15(21)20-2)13-8-22-16(19-13)18-12-6-4-3-5-11(12)17;/h3-8H,1-2H3,(H,18,19);1H. The highest BCUT2D eigenvalue weighted by Gasteiger charge is 2.14. The van der Waals surface area contributed by atoms with Gasteiger partial charge in [-0.05, 0) is 37.3 Å². The van der Waals surface area contributed by atoms with E-state index in [-0.39, 0.29) is 22.8 Å². The molecule has 0 unspecified atom stereocenters. The average molecular weight is 445 g/mol. The Morgan fingerprint density at radius 2 is 2.08 bits per heavy atom. The summed E-state index contributed by atoms with van der Waals surface area (Å²) < 4.78 is 18.8. The first-order chi connectivity index (χ1) is 11.1. The summed E-state index contributed by atoms with van der Waals surface area (Å²) in [6.45, 7) is 2.02. The number of aromatic nitrogens is 1. The number of hydrogen-bond donors (Lipinski definition) is 1. The van der Waals surface area contributed by atoms with Crippen LogP contribution in [0.2, 0.25) is 0 Å². The Balaban J connectivity index is 0.00000208. The van der Waals surface area contributed by atoms with E-state index in [0.29, 0.717) is 15.9 Å². The van der Waals surface area contributed by atoms with Crippen LogP contribution in [0.4, 0.5) is 15.2 Å². The van der Waals surface area contributed by atoms with Gasteiger partial charge in [0, 0.05) is 15.8 Å². The van der Waals surface area contributed by atoms with Gasteiger partial charge >= 0.3 is 0 Å². The van der Waals surface area contributed by atoms with E-state index in [1.54, 1.807) is 36.6 Å². The lowest BCUT2D eigenvalue weighted by atomic mass is 10.2. The third-order valence-corrected chi connectivity index (χ3v) is 5.52. The molecule has 8 heteroatoms. The molecular formula is C16H14BrFN2OS3. The molecule has 0 saturated heterocycles. The summed E-state index contributed by atoms with van der Waals surface area (Å²) in [5.41, 5.74) is 2.27. The average Bonchev–Trinajstić information content (AvgIpc) is 3.15. The first-order valence-electron chi connectivity index (χ1n) is 6.74. The van der Waals surface area contributed by atoms with Crippen molar-refractivity contribution < 1.29 is 9.13 Å². The Morgan fingerprint density at radius 1 is 1.33 bits per heavy atom. The van der Waals surface area contributed by atoms with Crippen molar-refractivity contribution in [1.29, 1.82) is 0 Å². The SMILES string of the molecule is Br.COC(=S)c1cc(-c2csc(Nc3ccccc3F)n2)c(C)s1. The predicted octanol–water partition coefficient (Wildman–Crippen LogP) is 5.96. The lowest BCUT2D eigenvalue weighted by molar-refractivity contribution is 0.417. The zero-order valence-corrected chi connectivity index (χ0v) is 17.0. The van der Waals surface area contributed by atoms with Gasteiger partial charge in [-0.1, -0.05) is 12.1 Å². The first-order valence-corrected chi connectivity index (χ1v) is 8.85. The summed E-state index contributed by atoms with van der Waals surface area (Å²) in [5, 5.41) is 6.07. The second kappa shape index (κ2) is 8.15. The smallest absolute Gasteiger partial charge is 0.201 e. The topological polar surface area (TPSA) is 34.1 Å². The minimum absolute atomic E-state index is 0. The number of halogens is 2. The molecule has 0 fully saturated rings. The zero-order chi connectivity index (χ0) is 16.4. The van der Waals surface area contributed by atoms with E-state index in [0.717, 1.165) is 21.0 Å². The van der Waals surface area contributed by atoms with Crippen molar-refractivity contribution in [1.82, 2.24) is 4.98 Å². The quantitative estimate of drug-likeness (QED) is 0.503. The van der Waals surface area contributed by atoms with Gasteiger partial charge in [0.2, 0.25) is 5.05 Å². The lowest BCUT2D eigenvalue weighted by Gasteiger charge is -2.02. The lowest BCUT2D eigenvalue weighted by Crippen LogP contribution is -1.95. The summed E-state index contributed by atoms with van der Waals surface area (Å²) in [4.78, 5) is 6.56. The number of aryl methyl sites for hydroxylation is 1. The highest BCUT2D eigenvalue weighted by atomic mass is 79.9. The fourth-order valence-electron chi connectivity index (χ4n) is 2.07. The molecule has 3 nitrogen and oxygen atoms in total. The van der Waals surface area contributed by atoms with Crippen LogP contribution in [0.1, 0.15) is 9.75 Å². The van der Waals surface area contributed by atoms with Gasteiger partial charge in [-0.3, -0.25) is 0 Å². The van der Waals surface area contributed by atoms with Gasteiger partial charge in [0.25, 0.3) is 0 Å². The highest BCUT2D eigenvalue weighted by molar-refractivity contribution is 8.93. The maximum absolute atomic E-state index is 13.7. The van der Waals surface area contributed by atoms with Crippen LogP contribution in [0, 0.1) is 12.7 Å². The molecule has 2 aromatic heterocycles. The van der Waals surface area contributed by atoms with E-state index >= 15 is 0 Å². The highest BCUT2D eigenvalue weighted by Crippen LogP contribution is 2.34. The minimum Gasteiger partial charge on any atom is -0.486 e. The molecule has 0 amide bonds. The molecule has 126 valence electrons. The van der Waals surface area contributed by atoms with Crippen LogP contribution >= 0.6 is 51.9 Å². The van der Waals surface area contributed by atoms with Crippen LogP contribution in [0.3, 0.4) is 0 Å². The van der Waals surface area contributed by atoms with E-state index < -0.39 is 0 Å². The van der Waals surface area contributed by atoms with Crippen molar-refractivity contribution in [2.75, 3.05) is 12.4 Å². The molecule has 0 aliphatic carbocycles. The second-order valence-corrected chi connectivity index (χ2v) is 7.20. The summed E-state index contributed by atoms with van der Waals surface area (Å²) in [6, 6.07) is 8.51. The Kier molecular flexibility index (Phi) is 6.45. The number of ether oxygens (including phenoxy) is 1. The minimum atomic E-state index is -0.302. The number of hydrogen-bond acceptors (Lipinski definition) is 6. The van der Waals surface area contributed by atoms with Crippen molar-refractivity contribution in [2.24, 2.45) is 0 Å². The Bertz CT molecular complexity index is 863. The van der Waals surface area contributed by atoms with Crippen molar-refractivity contribution in [3.8, 4) is 11.3 Å². The van der Waals surface area contributed by atoms with Gasteiger partial charge in [-0.2, -0.15) is 0 Å². The van der Waals surface area contributed by atoms with Crippen LogP contribution < -0.4 is 5.32 Å². The largest absolute Gasteiger partial charge is 0.486 e. The van der Waals surface area contributed by atoms with Crippen LogP contribution in [0.5, 0.6) is 0 Å². The number of anilines is 2. The normalized spacial score (nSPS) is 10.1. The van der Waals surface area contributed by atoms with Crippen molar-refractivity contribution in [3.63, 3.8) is 0 Å². The number of nitrogens with zero attached hydrogens (tertiary/aromatic N) is 1. The third kappa shape index (κ3) is 4.00. The number of nitrogens with one attached hydrogen (secondary N) is 1. The van der Waals surface area contributed by atoms with Gasteiger partial charge < -0.3 is 10.1 Å². The van der Waals surface area contributed by atoms with Crippen molar-refractivity contribution in [3.05, 3.63) is 51.3 Å². The van der Waals surface area contributed by atoms with Gasteiger partial charge in [-0.15, -0.1) is 39.7 Å². The first kappa shape index (κ1) is 19.0. The molecule has 3 rings (SSSR count). The van der Waals surface area contributed by atoms with E-state index in [4.69, 9.17) is 17.0 Å². The maximum Gasteiger partial charge on any atom is 0.201 e. The maximum atomic E-state index is 13.7. The Labute approximate surface area is 163 Å². The van der Waals surface area contributed by atoms with E-state index in [9.17, 15) is 4.39 Å². The van der Waals surface area contributed by atoms with Gasteiger partial charge in [0.1, 0.15) is 5.82 Å². The van der Waals surface area contributed by atoms with Crippen LogP contribution in [0.15, 0.2) is 35.7 Å². The van der Waals surface area contributed by atoms with Crippen molar-refractivity contribution in [2.45, 2.75) is 6.92 Å². The van der Waals surface area contributed by atoms with Crippen LogP contribution in [-0.4, -0.2) is 17.1 Å². The molecule has 3 aromatic rings. The number of thiazole rings is 1. The second-order valence-electron chi connectivity index (χ2n) is 4.71. The molecule has 0 radical (unpaired) electrons. The van der Waals surface area contributed by atoms with E-state index in [1.807, 2.05) is 18.4 Å². The molecule has 24 heavy (non-hydrogen) atoms.